The molecular formula is C12H19N3O2. The molecule has 0 aliphatic carbocycles. The van der Waals surface area contributed by atoms with Gasteiger partial charge in [-0.05, 0) is 5.92 Å². The smallest absolute Gasteiger partial charge is 0.159 e. The Hall–Kier alpha value is -1.20. The minimum absolute atomic E-state index is 0.106. The highest BCUT2D eigenvalue weighted by molar-refractivity contribution is 5.43. The Kier molecular flexibility index (Phi) is 3.59. The van der Waals surface area contributed by atoms with Crippen molar-refractivity contribution in [1.29, 1.82) is 0 Å². The van der Waals surface area contributed by atoms with Gasteiger partial charge in [-0.3, -0.25) is 0 Å². The van der Waals surface area contributed by atoms with E-state index in [1.165, 1.54) is 0 Å². The van der Waals surface area contributed by atoms with Crippen LogP contribution in [0.5, 0.6) is 0 Å². The second kappa shape index (κ2) is 4.98. The summed E-state index contributed by atoms with van der Waals surface area (Å²) in [6.07, 6.45) is 0.689. The van der Waals surface area contributed by atoms with E-state index in [0.717, 1.165) is 17.7 Å². The zero-order valence-corrected chi connectivity index (χ0v) is 10.6. The predicted molar refractivity (Wildman–Crippen MR) is 64.4 cm³/mol. The molecule has 0 fully saturated rings. The molecule has 0 saturated heterocycles. The van der Waals surface area contributed by atoms with E-state index in [-0.39, 0.29) is 6.10 Å². The summed E-state index contributed by atoms with van der Waals surface area (Å²) in [5, 5.41) is 0. The first-order chi connectivity index (χ1) is 8.13. The normalized spacial score (nSPS) is 16.9. The van der Waals surface area contributed by atoms with Gasteiger partial charge in [0.15, 0.2) is 5.82 Å². The molecule has 5 heteroatoms. The van der Waals surface area contributed by atoms with Crippen molar-refractivity contribution in [2.45, 2.75) is 33.0 Å². The first kappa shape index (κ1) is 12.3. The highest BCUT2D eigenvalue weighted by Crippen LogP contribution is 2.26. The van der Waals surface area contributed by atoms with Crippen molar-refractivity contribution in [3.63, 3.8) is 0 Å². The Morgan fingerprint density at radius 2 is 2.12 bits per heavy atom. The van der Waals surface area contributed by atoms with E-state index in [0.29, 0.717) is 30.8 Å². The molecule has 94 valence electrons. The number of hydrogen-bond acceptors (Lipinski definition) is 5. The lowest BCUT2D eigenvalue weighted by Crippen LogP contribution is -2.20. The van der Waals surface area contributed by atoms with Crippen molar-refractivity contribution >= 4 is 5.82 Å². The van der Waals surface area contributed by atoms with Gasteiger partial charge < -0.3 is 15.2 Å². The minimum atomic E-state index is -0.106. The summed E-state index contributed by atoms with van der Waals surface area (Å²) < 4.78 is 10.8. The van der Waals surface area contributed by atoms with Gasteiger partial charge in [0.05, 0.1) is 18.9 Å². The predicted octanol–water partition coefficient (Wildman–Crippen LogP) is 1.47. The molecule has 2 rings (SSSR count). The molecule has 1 atom stereocenters. The quantitative estimate of drug-likeness (QED) is 0.862. The second-order valence-electron chi connectivity index (χ2n) is 4.60. The number of rotatable bonds is 3. The van der Waals surface area contributed by atoms with Gasteiger partial charge in [0.25, 0.3) is 0 Å². The lowest BCUT2D eigenvalue weighted by molar-refractivity contribution is 0.0564. The summed E-state index contributed by atoms with van der Waals surface area (Å²) in [6.45, 7) is 5.37. The summed E-state index contributed by atoms with van der Waals surface area (Å²) in [5.41, 5.74) is 7.88. The van der Waals surface area contributed by atoms with Crippen molar-refractivity contribution in [2.75, 3.05) is 19.5 Å². The van der Waals surface area contributed by atoms with Crippen LogP contribution in [0.15, 0.2) is 0 Å². The molecule has 0 amide bonds. The van der Waals surface area contributed by atoms with Crippen molar-refractivity contribution in [1.82, 2.24) is 9.97 Å². The number of methoxy groups -OCH3 is 1. The monoisotopic (exact) mass is 237 g/mol. The van der Waals surface area contributed by atoms with E-state index >= 15 is 0 Å². The van der Waals surface area contributed by atoms with Crippen LogP contribution in [0, 0.1) is 5.92 Å². The summed E-state index contributed by atoms with van der Waals surface area (Å²) in [4.78, 5) is 8.91. The Labute approximate surface area is 101 Å². The molecule has 2 N–H and O–H groups in total. The zero-order chi connectivity index (χ0) is 12.4. The largest absolute Gasteiger partial charge is 0.383 e. The highest BCUT2D eigenvalue weighted by atomic mass is 16.5. The number of ether oxygens (including phenoxy) is 2. The lowest BCUT2D eigenvalue weighted by Gasteiger charge is -2.22. The molecule has 0 radical (unpaired) electrons. The number of hydrogen-bond donors (Lipinski definition) is 1. The van der Waals surface area contributed by atoms with E-state index in [1.54, 1.807) is 7.11 Å². The standard InChI is InChI=1S/C12H19N3O2/c1-7(2)10(16-3)12-14-9-4-5-17-6-8(9)11(13)15-12/h7,10H,4-6H2,1-3H3,(H2,13,14,15). The first-order valence-corrected chi connectivity index (χ1v) is 5.89. The van der Waals surface area contributed by atoms with Crippen LogP contribution in [0.4, 0.5) is 5.82 Å². The Balaban J connectivity index is 2.39. The number of nitrogens with zero attached hydrogens (tertiary/aromatic N) is 2. The van der Waals surface area contributed by atoms with Crippen LogP contribution in [0.25, 0.3) is 0 Å². The molecule has 1 aromatic heterocycles. The maximum Gasteiger partial charge on any atom is 0.159 e. The van der Waals surface area contributed by atoms with E-state index in [4.69, 9.17) is 15.2 Å². The summed E-state index contributed by atoms with van der Waals surface area (Å²) in [6, 6.07) is 0. The molecular weight excluding hydrogens is 218 g/mol. The molecule has 17 heavy (non-hydrogen) atoms. The van der Waals surface area contributed by atoms with Crippen LogP contribution in [0.1, 0.15) is 37.0 Å². The molecule has 1 aromatic rings. The number of nitrogens with two attached hydrogens (primary N) is 1. The fraction of sp³-hybridized carbons (Fsp3) is 0.667. The molecule has 1 aliphatic rings. The van der Waals surface area contributed by atoms with E-state index in [2.05, 4.69) is 23.8 Å². The zero-order valence-electron chi connectivity index (χ0n) is 10.6. The Morgan fingerprint density at radius 1 is 1.35 bits per heavy atom. The Morgan fingerprint density at radius 3 is 2.76 bits per heavy atom. The van der Waals surface area contributed by atoms with Gasteiger partial charge in [0.2, 0.25) is 0 Å². The molecule has 2 heterocycles. The molecule has 0 bridgehead atoms. The molecule has 1 aliphatic heterocycles. The van der Waals surface area contributed by atoms with Crippen LogP contribution in [-0.2, 0) is 22.5 Å². The third kappa shape index (κ3) is 2.40. The van der Waals surface area contributed by atoms with Gasteiger partial charge >= 0.3 is 0 Å². The summed E-state index contributed by atoms with van der Waals surface area (Å²) in [7, 11) is 1.67. The van der Waals surface area contributed by atoms with Gasteiger partial charge in [0.1, 0.15) is 11.9 Å². The Bertz CT molecular complexity index is 407. The molecule has 1 unspecified atom stereocenters. The number of aromatic nitrogens is 2. The summed E-state index contributed by atoms with van der Waals surface area (Å²) in [5.74, 6) is 1.52. The SMILES string of the molecule is COC(c1nc(N)c2c(n1)CCOC2)C(C)C. The van der Waals surface area contributed by atoms with Gasteiger partial charge in [0, 0.05) is 19.1 Å². The average Bonchev–Trinajstić information content (AvgIpc) is 2.29. The van der Waals surface area contributed by atoms with Crippen molar-refractivity contribution in [2.24, 2.45) is 5.92 Å². The van der Waals surface area contributed by atoms with Gasteiger partial charge in [-0.1, -0.05) is 13.8 Å². The molecule has 0 saturated carbocycles. The highest BCUT2D eigenvalue weighted by Gasteiger charge is 2.23. The topological polar surface area (TPSA) is 70.3 Å². The van der Waals surface area contributed by atoms with Crippen LogP contribution in [0.3, 0.4) is 0 Å². The molecule has 5 nitrogen and oxygen atoms in total. The van der Waals surface area contributed by atoms with Gasteiger partial charge in [-0.25, -0.2) is 9.97 Å². The van der Waals surface area contributed by atoms with Crippen molar-refractivity contribution in [3.8, 4) is 0 Å². The van der Waals surface area contributed by atoms with Crippen molar-refractivity contribution in [3.05, 3.63) is 17.1 Å². The maximum atomic E-state index is 5.95. The molecule has 0 spiro atoms. The minimum Gasteiger partial charge on any atom is -0.383 e. The lowest BCUT2D eigenvalue weighted by atomic mass is 10.1. The molecule has 0 aromatic carbocycles. The fourth-order valence-electron chi connectivity index (χ4n) is 2.08. The van der Waals surface area contributed by atoms with E-state index < -0.39 is 0 Å². The maximum absolute atomic E-state index is 5.95. The first-order valence-electron chi connectivity index (χ1n) is 5.89. The number of nitrogen functional groups attached to an aromatic ring is 1. The van der Waals surface area contributed by atoms with E-state index in [9.17, 15) is 0 Å². The summed E-state index contributed by atoms with van der Waals surface area (Å²) >= 11 is 0. The van der Waals surface area contributed by atoms with Crippen molar-refractivity contribution < 1.29 is 9.47 Å². The number of anilines is 1. The number of fused-ring (bicyclic) bond motifs is 1. The van der Waals surface area contributed by atoms with E-state index in [1.807, 2.05) is 0 Å². The van der Waals surface area contributed by atoms with Crippen LogP contribution >= 0.6 is 0 Å². The van der Waals surface area contributed by atoms with Gasteiger partial charge in [-0.2, -0.15) is 0 Å². The second-order valence-corrected chi connectivity index (χ2v) is 4.60. The third-order valence-corrected chi connectivity index (χ3v) is 2.99. The van der Waals surface area contributed by atoms with Crippen LogP contribution in [-0.4, -0.2) is 23.7 Å². The fourth-order valence-corrected chi connectivity index (χ4v) is 2.08. The van der Waals surface area contributed by atoms with Gasteiger partial charge in [-0.15, -0.1) is 0 Å². The average molecular weight is 237 g/mol. The third-order valence-electron chi connectivity index (χ3n) is 2.99. The van der Waals surface area contributed by atoms with Crippen LogP contribution in [0.2, 0.25) is 0 Å². The van der Waals surface area contributed by atoms with Crippen LogP contribution < -0.4 is 5.73 Å².